The number of carboxylic acid groups (broad SMARTS) is 4. The first-order valence-corrected chi connectivity index (χ1v) is 9.98. The lowest BCUT2D eigenvalue weighted by Crippen LogP contribution is -2.36. The summed E-state index contributed by atoms with van der Waals surface area (Å²) in [5, 5.41) is 32.1. The maximum absolute atomic E-state index is 9.96. The van der Waals surface area contributed by atoms with E-state index in [-0.39, 0.29) is 0 Å². The van der Waals surface area contributed by atoms with E-state index in [2.05, 4.69) is 0 Å². The first-order valence-electron chi connectivity index (χ1n) is 6.76. The van der Waals surface area contributed by atoms with Crippen LogP contribution in [0.15, 0.2) is 0 Å². The van der Waals surface area contributed by atoms with Gasteiger partial charge in [-0.15, -0.1) is 0 Å². The van der Waals surface area contributed by atoms with Crippen LogP contribution in [0.25, 0.3) is 0 Å². The molecule has 0 rings (SSSR count). The third kappa shape index (κ3) is 25.6. The first kappa shape index (κ1) is 31.3. The SMILES string of the molecule is N[C@@H](CC(=O)O)C(=O)O.N[C@@H](CS(=O)(=O)O)C(=O)O.N[C@@H](CS(=O)(=O)O)C(=O)O. The van der Waals surface area contributed by atoms with Crippen LogP contribution in [0, 0.1) is 0 Å². The van der Waals surface area contributed by atoms with Crippen molar-refractivity contribution in [1.29, 1.82) is 0 Å². The van der Waals surface area contributed by atoms with Crippen molar-refractivity contribution in [1.82, 2.24) is 0 Å². The fourth-order valence-corrected chi connectivity index (χ4v) is 2.06. The van der Waals surface area contributed by atoms with Crippen LogP contribution in [0.1, 0.15) is 6.42 Å². The van der Waals surface area contributed by atoms with Crippen molar-refractivity contribution in [3.8, 4) is 0 Å². The van der Waals surface area contributed by atoms with E-state index in [9.17, 15) is 36.0 Å². The Morgan fingerprint density at radius 1 is 0.621 bits per heavy atom. The van der Waals surface area contributed by atoms with Gasteiger partial charge in [-0.05, 0) is 0 Å². The minimum Gasteiger partial charge on any atom is -0.481 e. The minimum absolute atomic E-state index is 0.532. The van der Waals surface area contributed by atoms with Crippen LogP contribution >= 0.6 is 0 Å². The van der Waals surface area contributed by atoms with Gasteiger partial charge in [0, 0.05) is 0 Å². The molecule has 0 bridgehead atoms. The van der Waals surface area contributed by atoms with Gasteiger partial charge in [-0.3, -0.25) is 28.3 Å². The van der Waals surface area contributed by atoms with Crippen molar-refractivity contribution >= 4 is 44.1 Å². The van der Waals surface area contributed by atoms with Gasteiger partial charge < -0.3 is 37.6 Å². The van der Waals surface area contributed by atoms with Crippen LogP contribution in [0.2, 0.25) is 0 Å². The third-order valence-electron chi connectivity index (χ3n) is 2.13. The van der Waals surface area contributed by atoms with E-state index < -0.39 is 80.2 Å². The summed E-state index contributed by atoms with van der Waals surface area (Å²) < 4.78 is 56.0. The number of hydrogen-bond donors (Lipinski definition) is 9. The molecule has 29 heavy (non-hydrogen) atoms. The van der Waals surface area contributed by atoms with E-state index in [1.165, 1.54) is 0 Å². The first-order chi connectivity index (χ1) is 12.7. The molecule has 3 atom stereocenters. The van der Waals surface area contributed by atoms with Crippen LogP contribution in [0.3, 0.4) is 0 Å². The molecule has 0 amide bonds. The fourth-order valence-electron chi connectivity index (χ4n) is 0.872. The van der Waals surface area contributed by atoms with Gasteiger partial charge in [0.1, 0.15) is 29.6 Å². The normalized spacial score (nSPS) is 14.0. The van der Waals surface area contributed by atoms with Gasteiger partial charge >= 0.3 is 23.9 Å². The van der Waals surface area contributed by atoms with Gasteiger partial charge in [0.25, 0.3) is 20.2 Å². The smallest absolute Gasteiger partial charge is 0.321 e. The average Bonchev–Trinajstić information content (AvgIpc) is 2.43. The maximum Gasteiger partial charge on any atom is 0.321 e. The molecule has 0 aliphatic rings. The molecular weight excluding hydrogens is 450 g/mol. The third-order valence-corrected chi connectivity index (χ3v) is 3.69. The van der Waals surface area contributed by atoms with Crippen molar-refractivity contribution in [2.75, 3.05) is 11.5 Å². The van der Waals surface area contributed by atoms with E-state index in [1.54, 1.807) is 0 Å². The van der Waals surface area contributed by atoms with E-state index in [0.29, 0.717) is 0 Å². The zero-order chi connectivity index (χ0) is 24.2. The Kier molecular flexibility index (Phi) is 14.8. The number of carboxylic acids is 4. The summed E-state index contributed by atoms with van der Waals surface area (Å²) in [6.45, 7) is 0. The Hall–Kier alpha value is -2.42. The van der Waals surface area contributed by atoms with Gasteiger partial charge in [0.2, 0.25) is 0 Å². The lowest BCUT2D eigenvalue weighted by atomic mass is 10.2. The monoisotopic (exact) mass is 471 g/mol. The highest BCUT2D eigenvalue weighted by atomic mass is 32.2. The molecule has 0 aromatic carbocycles. The molecule has 0 aliphatic carbocycles. The summed E-state index contributed by atoms with van der Waals surface area (Å²) in [4.78, 5) is 39.4. The second-order valence-electron chi connectivity index (χ2n) is 4.93. The van der Waals surface area contributed by atoms with Crippen molar-refractivity contribution in [2.24, 2.45) is 17.2 Å². The zero-order valence-corrected chi connectivity index (χ0v) is 16.0. The van der Waals surface area contributed by atoms with Crippen LogP contribution in [0.5, 0.6) is 0 Å². The highest BCUT2D eigenvalue weighted by Crippen LogP contribution is 1.87. The maximum atomic E-state index is 9.96. The Morgan fingerprint density at radius 2 is 0.862 bits per heavy atom. The van der Waals surface area contributed by atoms with E-state index in [4.69, 9.17) is 46.7 Å². The second-order valence-corrected chi connectivity index (χ2v) is 7.92. The molecule has 0 aliphatic heterocycles. The molecule has 12 N–H and O–H groups in total. The summed E-state index contributed by atoms with van der Waals surface area (Å²) in [7, 11) is -8.55. The second kappa shape index (κ2) is 13.7. The molecular formula is C10H21N3O14S2. The molecule has 0 saturated carbocycles. The van der Waals surface area contributed by atoms with E-state index in [1.807, 2.05) is 0 Å². The van der Waals surface area contributed by atoms with Gasteiger partial charge in [-0.25, -0.2) is 0 Å². The molecule has 0 radical (unpaired) electrons. The van der Waals surface area contributed by atoms with Crippen molar-refractivity contribution in [3.63, 3.8) is 0 Å². The van der Waals surface area contributed by atoms with Gasteiger partial charge in [-0.1, -0.05) is 0 Å². The summed E-state index contributed by atoms with van der Waals surface area (Å²) >= 11 is 0. The van der Waals surface area contributed by atoms with Gasteiger partial charge in [-0.2, -0.15) is 16.8 Å². The molecule has 0 saturated heterocycles. The average molecular weight is 471 g/mol. The van der Waals surface area contributed by atoms with Crippen molar-refractivity contribution < 1.29 is 65.5 Å². The number of aliphatic carboxylic acids is 4. The largest absolute Gasteiger partial charge is 0.481 e. The minimum atomic E-state index is -4.27. The molecule has 0 fully saturated rings. The van der Waals surface area contributed by atoms with Crippen LogP contribution in [-0.4, -0.2) is 99.9 Å². The van der Waals surface area contributed by atoms with Crippen LogP contribution in [-0.2, 0) is 39.4 Å². The predicted octanol–water partition coefficient (Wildman–Crippen LogP) is -4.55. The molecule has 19 heteroatoms. The molecule has 17 nitrogen and oxygen atoms in total. The topological polar surface area (TPSA) is 336 Å². The zero-order valence-electron chi connectivity index (χ0n) is 14.4. The van der Waals surface area contributed by atoms with Crippen molar-refractivity contribution in [2.45, 2.75) is 24.5 Å². The van der Waals surface area contributed by atoms with Crippen molar-refractivity contribution in [3.05, 3.63) is 0 Å². The molecule has 0 aromatic rings. The number of carbonyl (C=O) groups is 4. The molecule has 0 spiro atoms. The molecule has 0 heterocycles. The molecule has 0 aromatic heterocycles. The van der Waals surface area contributed by atoms with Gasteiger partial charge in [0.15, 0.2) is 0 Å². The number of nitrogens with two attached hydrogens (primary N) is 3. The van der Waals surface area contributed by atoms with E-state index in [0.717, 1.165) is 0 Å². The summed E-state index contributed by atoms with van der Waals surface area (Å²) in [5.41, 5.74) is 14.4. The molecule has 172 valence electrons. The number of hydrogen-bond acceptors (Lipinski definition) is 11. The summed E-state index contributed by atoms with van der Waals surface area (Å²) in [5.74, 6) is -7.33. The summed E-state index contributed by atoms with van der Waals surface area (Å²) in [6.07, 6.45) is -0.532. The highest BCUT2D eigenvalue weighted by molar-refractivity contribution is 7.86. The quantitative estimate of drug-likeness (QED) is 0.143. The van der Waals surface area contributed by atoms with Crippen LogP contribution < -0.4 is 17.2 Å². The lowest BCUT2D eigenvalue weighted by molar-refractivity contribution is -0.144. The number of rotatable bonds is 9. The Labute approximate surface area is 163 Å². The van der Waals surface area contributed by atoms with E-state index >= 15 is 0 Å². The predicted molar refractivity (Wildman–Crippen MR) is 91.9 cm³/mol. The lowest BCUT2D eigenvalue weighted by Gasteiger charge is -2.01. The van der Waals surface area contributed by atoms with Gasteiger partial charge in [0.05, 0.1) is 6.42 Å². The standard InChI is InChI=1S/C4H7NO4.2C3H7NO5S/c5-2(4(8)9)1-3(6)7;2*4-2(3(5)6)1-10(7,8)9/h2H,1,5H2,(H,6,7)(H,8,9);2*2H,1,4H2,(H,5,6)(H,7,8,9)/t3*2-/m000/s1. The summed E-state index contributed by atoms with van der Waals surface area (Å²) in [6, 6.07) is -4.41. The Balaban J connectivity index is -0.000000350. The highest BCUT2D eigenvalue weighted by Gasteiger charge is 2.19. The van der Waals surface area contributed by atoms with Crippen LogP contribution in [0.4, 0.5) is 0 Å². The Morgan fingerprint density at radius 3 is 0.931 bits per heavy atom. The fraction of sp³-hybridized carbons (Fsp3) is 0.600. The Bertz CT molecular complexity index is 727. The molecule has 0 unspecified atom stereocenters.